The monoisotopic (exact) mass is 712 g/mol. The molecule has 0 heterocycles. The molecule has 2 rings (SSSR count). The number of unbranched alkanes of at least 4 members (excludes halogenated alkanes) is 19. The molecule has 2 aromatic rings. The van der Waals surface area contributed by atoms with Gasteiger partial charge >= 0.3 is 0 Å². The molecule has 47 heavy (non-hydrogen) atoms. The Morgan fingerprint density at radius 3 is 0.872 bits per heavy atom. The van der Waals surface area contributed by atoms with Gasteiger partial charge in [-0.2, -0.15) is 16.8 Å². The third-order valence-corrected chi connectivity index (χ3v) is 10.4. The molecule has 6 nitrogen and oxygen atoms in total. The van der Waals surface area contributed by atoms with E-state index >= 15 is 0 Å². The van der Waals surface area contributed by atoms with Crippen LogP contribution in [-0.4, -0.2) is 89.2 Å². The van der Waals surface area contributed by atoms with Crippen LogP contribution in [0.25, 0.3) is 0 Å². The summed E-state index contributed by atoms with van der Waals surface area (Å²) in [6.07, 6.45) is 26.0. The van der Waals surface area contributed by atoms with Gasteiger partial charge in [0.2, 0.25) is 0 Å². The van der Waals surface area contributed by atoms with E-state index in [-0.39, 0.29) is 82.1 Å². The molecule has 0 amide bonds. The summed E-state index contributed by atoms with van der Waals surface area (Å²) >= 11 is 0. The minimum atomic E-state index is -3.57. The molecule has 0 aliphatic heterocycles. The van der Waals surface area contributed by atoms with Crippen LogP contribution in [0, 0.1) is 0 Å². The predicted molar refractivity (Wildman–Crippen MR) is 199 cm³/mol. The fraction of sp³-hybridized carbons (Fsp3) is 0.676. The van der Waals surface area contributed by atoms with E-state index in [0.717, 1.165) is 25.7 Å². The third-order valence-electron chi connectivity index (χ3n) is 7.79. The van der Waals surface area contributed by atoms with E-state index in [4.69, 9.17) is 8.37 Å². The minimum absolute atomic E-state index is 0. The van der Waals surface area contributed by atoms with E-state index < -0.39 is 20.2 Å². The van der Waals surface area contributed by atoms with E-state index in [1.54, 1.807) is 60.7 Å². The first-order valence-electron chi connectivity index (χ1n) is 17.7. The molecule has 2 radical (unpaired) electrons. The Balaban J connectivity index is 0. The normalized spacial score (nSPS) is 11.2. The standard InChI is InChI=1S/C19H32O3S.C18H30O3S.2Na/c1-2-3-4-5-6-7-8-9-10-11-15-18-22-23(20,21)19-16-13-12-14-17-19;1-2-3-4-5-6-7-8-9-10-14-17-21-22(19,20)18-15-12-11-13-16-18;;/h12-14,16-17H,2-11,15,18H2,1H3;11-13,15-16H,2-10,14,17H2,1H3;;. The Morgan fingerprint density at radius 1 is 0.383 bits per heavy atom. The average molecular weight is 713 g/mol. The van der Waals surface area contributed by atoms with Gasteiger partial charge in [0.1, 0.15) is 0 Å². The van der Waals surface area contributed by atoms with Crippen molar-refractivity contribution >= 4 is 79.4 Å². The maximum Gasteiger partial charge on any atom is 0.296 e. The molecule has 0 fully saturated rings. The first-order valence-corrected chi connectivity index (χ1v) is 20.5. The molecule has 0 spiro atoms. The second-order valence-corrected chi connectivity index (χ2v) is 15.1. The molecule has 0 atom stereocenters. The van der Waals surface area contributed by atoms with E-state index in [1.165, 1.54) is 109 Å². The summed E-state index contributed by atoms with van der Waals surface area (Å²) < 4.78 is 57.7. The zero-order chi connectivity index (χ0) is 32.9. The van der Waals surface area contributed by atoms with Gasteiger partial charge in [0.25, 0.3) is 20.2 Å². The van der Waals surface area contributed by atoms with Gasteiger partial charge in [-0.25, -0.2) is 0 Å². The van der Waals surface area contributed by atoms with Crippen molar-refractivity contribution in [3.8, 4) is 0 Å². The van der Waals surface area contributed by atoms with Crippen molar-refractivity contribution in [1.82, 2.24) is 0 Å². The van der Waals surface area contributed by atoms with Crippen LogP contribution in [0.3, 0.4) is 0 Å². The molecule has 10 heteroatoms. The van der Waals surface area contributed by atoms with Gasteiger partial charge < -0.3 is 0 Å². The quantitative estimate of drug-likeness (QED) is 0.0521. The first-order chi connectivity index (χ1) is 21.8. The van der Waals surface area contributed by atoms with E-state index in [9.17, 15) is 16.8 Å². The van der Waals surface area contributed by atoms with E-state index in [2.05, 4.69) is 13.8 Å². The Labute approximate surface area is 333 Å². The fourth-order valence-electron chi connectivity index (χ4n) is 5.00. The van der Waals surface area contributed by atoms with Gasteiger partial charge in [0, 0.05) is 59.1 Å². The molecular formula is C37H62Na2O6S2. The Hall–Kier alpha value is 0.260. The third kappa shape index (κ3) is 27.6. The molecular weight excluding hydrogens is 651 g/mol. The molecule has 260 valence electrons. The van der Waals surface area contributed by atoms with Crippen molar-refractivity contribution in [3.05, 3.63) is 60.7 Å². The van der Waals surface area contributed by atoms with Crippen LogP contribution in [0.4, 0.5) is 0 Å². The number of benzene rings is 2. The van der Waals surface area contributed by atoms with Crippen molar-refractivity contribution in [2.75, 3.05) is 13.2 Å². The Morgan fingerprint density at radius 2 is 0.617 bits per heavy atom. The summed E-state index contributed by atoms with van der Waals surface area (Å²) in [6, 6.07) is 16.7. The first kappa shape index (κ1) is 49.4. The predicted octanol–water partition coefficient (Wildman–Crippen LogP) is 10.3. The zero-order valence-corrected chi connectivity index (χ0v) is 35.9. The second-order valence-electron chi connectivity index (χ2n) is 11.9. The Kier molecular flexibility index (Phi) is 35.1. The van der Waals surface area contributed by atoms with Crippen LogP contribution in [0.1, 0.15) is 149 Å². The molecule has 0 N–H and O–H groups in total. The van der Waals surface area contributed by atoms with Crippen LogP contribution >= 0.6 is 0 Å². The summed E-state index contributed by atoms with van der Waals surface area (Å²) in [7, 11) is -7.14. The van der Waals surface area contributed by atoms with Crippen LogP contribution < -0.4 is 0 Å². The topological polar surface area (TPSA) is 86.7 Å². The van der Waals surface area contributed by atoms with Crippen molar-refractivity contribution in [1.29, 1.82) is 0 Å². The van der Waals surface area contributed by atoms with Crippen LogP contribution in [-0.2, 0) is 28.6 Å². The maximum absolute atomic E-state index is 11.9. The molecule has 0 saturated carbocycles. The smallest absolute Gasteiger partial charge is 0.266 e. The van der Waals surface area contributed by atoms with Crippen molar-refractivity contribution in [3.63, 3.8) is 0 Å². The molecule has 2 aromatic carbocycles. The molecule has 0 aliphatic carbocycles. The number of hydrogen-bond donors (Lipinski definition) is 0. The summed E-state index contributed by atoms with van der Waals surface area (Å²) in [5.41, 5.74) is 0. The average Bonchev–Trinajstić information content (AvgIpc) is 3.05. The van der Waals surface area contributed by atoms with Gasteiger partial charge in [0.15, 0.2) is 0 Å². The summed E-state index contributed by atoms with van der Waals surface area (Å²) in [5, 5.41) is 0. The summed E-state index contributed by atoms with van der Waals surface area (Å²) in [5.74, 6) is 0. The van der Waals surface area contributed by atoms with Gasteiger partial charge in [-0.1, -0.05) is 172 Å². The van der Waals surface area contributed by atoms with Gasteiger partial charge in [-0.3, -0.25) is 8.37 Å². The van der Waals surface area contributed by atoms with Crippen molar-refractivity contribution in [2.45, 2.75) is 158 Å². The Bertz CT molecular complexity index is 1150. The second kappa shape index (κ2) is 33.4. The SMILES string of the molecule is CCCCCCCCCCCCCOS(=O)(=O)c1ccccc1.CCCCCCCCCCCCOS(=O)(=O)c1ccccc1.[Na].[Na]. The van der Waals surface area contributed by atoms with Crippen molar-refractivity contribution in [2.24, 2.45) is 0 Å². The van der Waals surface area contributed by atoms with Crippen LogP contribution in [0.5, 0.6) is 0 Å². The largest absolute Gasteiger partial charge is 0.296 e. The maximum atomic E-state index is 11.9. The summed E-state index contributed by atoms with van der Waals surface area (Å²) in [6.45, 7) is 5.05. The van der Waals surface area contributed by atoms with Crippen LogP contribution in [0.15, 0.2) is 70.5 Å². The van der Waals surface area contributed by atoms with Gasteiger partial charge in [-0.15, -0.1) is 0 Å². The molecule has 0 saturated heterocycles. The summed E-state index contributed by atoms with van der Waals surface area (Å²) in [4.78, 5) is 0.477. The number of hydrogen-bond acceptors (Lipinski definition) is 6. The van der Waals surface area contributed by atoms with Crippen LogP contribution in [0.2, 0.25) is 0 Å². The van der Waals surface area contributed by atoms with E-state index in [1.807, 2.05) is 0 Å². The van der Waals surface area contributed by atoms with Gasteiger partial charge in [-0.05, 0) is 37.1 Å². The molecule has 0 aromatic heterocycles. The fourth-order valence-corrected chi connectivity index (χ4v) is 6.93. The minimum Gasteiger partial charge on any atom is -0.266 e. The molecule has 0 aliphatic rings. The van der Waals surface area contributed by atoms with E-state index in [0.29, 0.717) is 0 Å². The molecule has 0 bridgehead atoms. The zero-order valence-electron chi connectivity index (χ0n) is 30.3. The number of rotatable bonds is 27. The van der Waals surface area contributed by atoms with Gasteiger partial charge in [0.05, 0.1) is 23.0 Å². The van der Waals surface area contributed by atoms with Crippen molar-refractivity contribution < 1.29 is 25.2 Å². The molecule has 0 unspecified atom stereocenters.